The first-order valence-electron chi connectivity index (χ1n) is 5.12. The third kappa shape index (κ3) is 5.11. The average Bonchev–Trinajstić information content (AvgIpc) is 1.99. The van der Waals surface area contributed by atoms with Gasteiger partial charge in [0.25, 0.3) is 5.91 Å². The molecule has 4 N–H and O–H groups in total. The van der Waals surface area contributed by atoms with E-state index in [4.69, 9.17) is 5.84 Å². The van der Waals surface area contributed by atoms with Gasteiger partial charge in [0.05, 0.1) is 11.6 Å². The number of nitrogens with one attached hydrogen (secondary N) is 1. The van der Waals surface area contributed by atoms with Crippen molar-refractivity contribution in [2.24, 2.45) is 11.8 Å². The number of hydrogen-bond donors (Lipinski definition) is 3. The third-order valence-corrected chi connectivity index (χ3v) is 2.15. The number of nitrogens with zero attached hydrogens (tertiary/aromatic N) is 1. The second-order valence-corrected chi connectivity index (χ2v) is 4.92. The van der Waals surface area contributed by atoms with Gasteiger partial charge in [0, 0.05) is 6.54 Å². The summed E-state index contributed by atoms with van der Waals surface area (Å²) < 4.78 is 0. The van der Waals surface area contributed by atoms with Gasteiger partial charge in [-0.05, 0) is 26.8 Å². The zero-order valence-electron chi connectivity index (χ0n) is 10.2. The first-order valence-corrected chi connectivity index (χ1v) is 5.12. The van der Waals surface area contributed by atoms with E-state index in [1.165, 1.54) is 0 Å². The maximum Gasteiger partial charge on any atom is 0.251 e. The Labute approximate surface area is 91.6 Å². The molecule has 0 radical (unpaired) electrons. The normalized spacial score (nSPS) is 14.5. The summed E-state index contributed by atoms with van der Waals surface area (Å²) >= 11 is 0. The number of hydrazine groups is 1. The Kier molecular flexibility index (Phi) is 5.20. The van der Waals surface area contributed by atoms with Crippen LogP contribution in [0.1, 0.15) is 27.7 Å². The molecule has 90 valence electrons. The summed E-state index contributed by atoms with van der Waals surface area (Å²) in [6, 6.07) is -0.318. The van der Waals surface area contributed by atoms with Crippen molar-refractivity contribution < 1.29 is 9.90 Å². The van der Waals surface area contributed by atoms with Crippen LogP contribution < -0.4 is 11.3 Å². The molecule has 0 aromatic heterocycles. The zero-order chi connectivity index (χ0) is 12.2. The Balaban J connectivity index is 4.57. The molecule has 1 atom stereocenters. The van der Waals surface area contributed by atoms with E-state index in [1.807, 2.05) is 18.7 Å². The SMILES string of the molecule is CC(C)C(C(=O)NN)N(C)CC(C)(C)O. The quantitative estimate of drug-likeness (QED) is 0.336. The van der Waals surface area contributed by atoms with Crippen molar-refractivity contribution >= 4 is 5.91 Å². The fourth-order valence-corrected chi connectivity index (χ4v) is 1.81. The predicted molar refractivity (Wildman–Crippen MR) is 59.9 cm³/mol. The van der Waals surface area contributed by atoms with Gasteiger partial charge in [-0.15, -0.1) is 0 Å². The largest absolute Gasteiger partial charge is 0.389 e. The Hall–Kier alpha value is -0.650. The Morgan fingerprint density at radius 3 is 2.27 bits per heavy atom. The van der Waals surface area contributed by atoms with Crippen LogP contribution in [0.5, 0.6) is 0 Å². The number of hydrogen-bond acceptors (Lipinski definition) is 4. The van der Waals surface area contributed by atoms with E-state index in [9.17, 15) is 9.90 Å². The number of carbonyl (C=O) groups excluding carboxylic acids is 1. The summed E-state index contributed by atoms with van der Waals surface area (Å²) in [6.45, 7) is 7.73. The van der Waals surface area contributed by atoms with Crippen LogP contribution in [0, 0.1) is 5.92 Å². The van der Waals surface area contributed by atoms with Gasteiger partial charge in [-0.3, -0.25) is 15.1 Å². The van der Waals surface area contributed by atoms with E-state index in [0.717, 1.165) is 0 Å². The monoisotopic (exact) mass is 217 g/mol. The van der Waals surface area contributed by atoms with Crippen LogP contribution in [0.3, 0.4) is 0 Å². The first kappa shape index (κ1) is 14.3. The lowest BCUT2D eigenvalue weighted by Crippen LogP contribution is -2.53. The zero-order valence-corrected chi connectivity index (χ0v) is 10.2. The van der Waals surface area contributed by atoms with Crippen LogP contribution in [0.15, 0.2) is 0 Å². The Morgan fingerprint density at radius 1 is 1.53 bits per heavy atom. The van der Waals surface area contributed by atoms with Gasteiger partial charge in [-0.1, -0.05) is 13.8 Å². The standard InChI is InChI=1S/C10H23N3O2/c1-7(2)8(9(14)12-11)13(5)6-10(3,4)15/h7-8,15H,6,11H2,1-5H3,(H,12,14). The molecule has 0 fully saturated rings. The lowest BCUT2D eigenvalue weighted by molar-refractivity contribution is -0.128. The van der Waals surface area contributed by atoms with E-state index in [0.29, 0.717) is 6.54 Å². The molecule has 0 bridgehead atoms. The van der Waals surface area contributed by atoms with Crippen molar-refractivity contribution in [3.8, 4) is 0 Å². The van der Waals surface area contributed by atoms with Gasteiger partial charge in [0.15, 0.2) is 0 Å². The highest BCUT2D eigenvalue weighted by Crippen LogP contribution is 2.13. The molecule has 0 saturated carbocycles. The second kappa shape index (κ2) is 5.44. The van der Waals surface area contributed by atoms with Crippen LogP contribution in [0.25, 0.3) is 0 Å². The lowest BCUT2D eigenvalue weighted by Gasteiger charge is -2.33. The van der Waals surface area contributed by atoms with Gasteiger partial charge >= 0.3 is 0 Å². The minimum Gasteiger partial charge on any atom is -0.389 e. The van der Waals surface area contributed by atoms with E-state index >= 15 is 0 Å². The number of amides is 1. The predicted octanol–water partition coefficient (Wildman–Crippen LogP) is -0.296. The number of carbonyl (C=O) groups is 1. The molecule has 1 amide bonds. The molecule has 0 aromatic rings. The van der Waals surface area contributed by atoms with Crippen molar-refractivity contribution in [3.63, 3.8) is 0 Å². The molecular weight excluding hydrogens is 194 g/mol. The smallest absolute Gasteiger partial charge is 0.251 e. The van der Waals surface area contributed by atoms with Crippen molar-refractivity contribution in [1.82, 2.24) is 10.3 Å². The highest BCUT2D eigenvalue weighted by Gasteiger charge is 2.29. The van der Waals surface area contributed by atoms with Crippen LogP contribution >= 0.6 is 0 Å². The molecule has 0 aromatic carbocycles. The summed E-state index contributed by atoms with van der Waals surface area (Å²) in [5.41, 5.74) is 1.33. The molecule has 0 rings (SSSR count). The van der Waals surface area contributed by atoms with E-state index < -0.39 is 5.60 Å². The lowest BCUT2D eigenvalue weighted by atomic mass is 10.00. The molecule has 0 heterocycles. The van der Waals surface area contributed by atoms with Gasteiger partial charge in [0.1, 0.15) is 0 Å². The molecule has 0 aliphatic rings. The van der Waals surface area contributed by atoms with Crippen LogP contribution in [-0.4, -0.2) is 41.1 Å². The van der Waals surface area contributed by atoms with Crippen molar-refractivity contribution in [2.45, 2.75) is 39.3 Å². The molecule has 1 unspecified atom stereocenters. The van der Waals surface area contributed by atoms with Crippen LogP contribution in [0.2, 0.25) is 0 Å². The van der Waals surface area contributed by atoms with Crippen molar-refractivity contribution in [3.05, 3.63) is 0 Å². The highest BCUT2D eigenvalue weighted by atomic mass is 16.3. The molecule has 5 nitrogen and oxygen atoms in total. The molecular formula is C10H23N3O2. The summed E-state index contributed by atoms with van der Waals surface area (Å²) in [6.07, 6.45) is 0. The van der Waals surface area contributed by atoms with Crippen molar-refractivity contribution in [2.75, 3.05) is 13.6 Å². The topological polar surface area (TPSA) is 78.6 Å². The van der Waals surface area contributed by atoms with Crippen LogP contribution in [0.4, 0.5) is 0 Å². The first-order chi connectivity index (χ1) is 6.69. The van der Waals surface area contributed by atoms with Gasteiger partial charge in [0.2, 0.25) is 0 Å². The number of rotatable bonds is 5. The maximum atomic E-state index is 11.5. The van der Waals surface area contributed by atoms with Crippen LogP contribution in [-0.2, 0) is 4.79 Å². The fraction of sp³-hybridized carbons (Fsp3) is 0.900. The number of likely N-dealkylation sites (N-methyl/N-ethyl adjacent to an activating group) is 1. The number of aliphatic hydroxyl groups is 1. The summed E-state index contributed by atoms with van der Waals surface area (Å²) in [7, 11) is 1.80. The third-order valence-electron chi connectivity index (χ3n) is 2.15. The molecule has 0 saturated heterocycles. The van der Waals surface area contributed by atoms with Gasteiger partial charge in [-0.2, -0.15) is 0 Å². The van der Waals surface area contributed by atoms with E-state index in [2.05, 4.69) is 5.43 Å². The summed E-state index contributed by atoms with van der Waals surface area (Å²) in [5, 5.41) is 9.67. The van der Waals surface area contributed by atoms with Crippen molar-refractivity contribution in [1.29, 1.82) is 0 Å². The number of nitrogens with two attached hydrogens (primary N) is 1. The van der Waals surface area contributed by atoms with Gasteiger partial charge < -0.3 is 5.11 Å². The molecule has 0 spiro atoms. The fourth-order valence-electron chi connectivity index (χ4n) is 1.81. The second-order valence-electron chi connectivity index (χ2n) is 4.92. The summed E-state index contributed by atoms with van der Waals surface area (Å²) in [5.74, 6) is 5.04. The molecule has 15 heavy (non-hydrogen) atoms. The Morgan fingerprint density at radius 2 is 2.00 bits per heavy atom. The van der Waals surface area contributed by atoms with E-state index in [1.54, 1.807) is 20.9 Å². The van der Waals surface area contributed by atoms with Gasteiger partial charge in [-0.25, -0.2) is 5.84 Å². The maximum absolute atomic E-state index is 11.5. The Bertz CT molecular complexity index is 211. The minimum absolute atomic E-state index is 0.140. The molecule has 0 aliphatic heterocycles. The minimum atomic E-state index is -0.823. The molecule has 5 heteroatoms. The van der Waals surface area contributed by atoms with E-state index in [-0.39, 0.29) is 17.9 Å². The molecule has 0 aliphatic carbocycles. The average molecular weight is 217 g/mol. The summed E-state index contributed by atoms with van der Waals surface area (Å²) in [4.78, 5) is 13.3. The highest BCUT2D eigenvalue weighted by molar-refractivity contribution is 5.81.